The molecule has 2 rings (SSSR count). The van der Waals surface area contributed by atoms with Gasteiger partial charge in [0.25, 0.3) is 5.82 Å². The molecule has 1 heterocycles. The monoisotopic (exact) mass is 278 g/mol. The van der Waals surface area contributed by atoms with Crippen molar-refractivity contribution in [1.29, 1.82) is 0 Å². The quantitative estimate of drug-likeness (QED) is 0.802. The maximum absolute atomic E-state index is 12.5. The third kappa shape index (κ3) is 2.06. The molecule has 0 atom stereocenters. The Labute approximate surface area is 103 Å². The molecule has 5 nitrogen and oxygen atoms in total. The summed E-state index contributed by atoms with van der Waals surface area (Å²) in [5, 5.41) is 3.54. The third-order valence-electron chi connectivity index (χ3n) is 2.13. The molecule has 0 amide bonds. The van der Waals surface area contributed by atoms with Crippen LogP contribution in [0.5, 0.6) is 0 Å². The highest BCUT2D eigenvalue weighted by Gasteiger charge is 2.38. The molecular weight excluding hydrogens is 273 g/mol. The molecule has 2 N–H and O–H groups in total. The van der Waals surface area contributed by atoms with Gasteiger partial charge < -0.3 is 5.84 Å². The van der Waals surface area contributed by atoms with Crippen molar-refractivity contribution in [2.24, 2.45) is 0 Å². The van der Waals surface area contributed by atoms with E-state index in [1.54, 1.807) is 0 Å². The van der Waals surface area contributed by atoms with Crippen molar-refractivity contribution in [2.45, 2.75) is 6.18 Å². The Balaban J connectivity index is 2.60. The van der Waals surface area contributed by atoms with Crippen molar-refractivity contribution in [3.63, 3.8) is 0 Å². The van der Waals surface area contributed by atoms with Crippen LogP contribution >= 0.6 is 11.6 Å². The van der Waals surface area contributed by atoms with Crippen LogP contribution < -0.4 is 11.5 Å². The van der Waals surface area contributed by atoms with Crippen molar-refractivity contribution >= 4 is 11.6 Å². The van der Waals surface area contributed by atoms with Gasteiger partial charge in [-0.05, 0) is 24.3 Å². The number of nitrogens with two attached hydrogens (primary N) is 1. The summed E-state index contributed by atoms with van der Waals surface area (Å²) >= 11 is 5.63. The Morgan fingerprint density at radius 1 is 1.22 bits per heavy atom. The second kappa shape index (κ2) is 4.05. The van der Waals surface area contributed by atoms with E-state index in [1.165, 1.54) is 24.3 Å². The van der Waals surface area contributed by atoms with Crippen LogP contribution in [0.25, 0.3) is 5.69 Å². The molecule has 2 aromatic rings. The third-order valence-corrected chi connectivity index (χ3v) is 2.39. The number of benzene rings is 1. The van der Waals surface area contributed by atoms with Gasteiger partial charge in [-0.1, -0.05) is 11.6 Å². The number of alkyl halides is 3. The first-order valence-corrected chi connectivity index (χ1v) is 4.99. The average molecular weight is 279 g/mol. The number of hydrogen-bond donors (Lipinski definition) is 1. The SMILES string of the molecule is Nn1c(C(F)(F)F)nn(-c2ccc(Cl)cc2)c1=O. The van der Waals surface area contributed by atoms with Crippen LogP contribution in [0.1, 0.15) is 5.82 Å². The minimum Gasteiger partial charge on any atom is -0.333 e. The fraction of sp³-hybridized carbons (Fsp3) is 0.111. The molecule has 18 heavy (non-hydrogen) atoms. The van der Waals surface area contributed by atoms with Crippen LogP contribution in [0.3, 0.4) is 0 Å². The molecule has 0 saturated carbocycles. The van der Waals surface area contributed by atoms with Gasteiger partial charge in [-0.2, -0.15) is 22.5 Å². The smallest absolute Gasteiger partial charge is 0.333 e. The Bertz CT molecular complexity index is 629. The van der Waals surface area contributed by atoms with E-state index < -0.39 is 17.7 Å². The number of nitrogen functional groups attached to an aromatic ring is 1. The number of nitrogens with zero attached hydrogens (tertiary/aromatic N) is 3. The molecule has 0 bridgehead atoms. The van der Waals surface area contributed by atoms with Crippen LogP contribution in [-0.2, 0) is 6.18 Å². The van der Waals surface area contributed by atoms with Gasteiger partial charge in [-0.15, -0.1) is 5.10 Å². The fourth-order valence-electron chi connectivity index (χ4n) is 1.32. The van der Waals surface area contributed by atoms with Gasteiger partial charge in [0.1, 0.15) is 0 Å². The van der Waals surface area contributed by atoms with Crippen LogP contribution in [0, 0.1) is 0 Å². The maximum atomic E-state index is 12.5. The van der Waals surface area contributed by atoms with Crippen LogP contribution in [-0.4, -0.2) is 14.5 Å². The van der Waals surface area contributed by atoms with E-state index in [1.807, 2.05) is 0 Å². The molecular formula is C9H6ClF3N4O. The van der Waals surface area contributed by atoms with E-state index in [0.29, 0.717) is 9.70 Å². The summed E-state index contributed by atoms with van der Waals surface area (Å²) in [7, 11) is 0. The van der Waals surface area contributed by atoms with Gasteiger partial charge in [0.05, 0.1) is 5.69 Å². The lowest BCUT2D eigenvalue weighted by Gasteiger charge is -2.02. The number of rotatable bonds is 1. The first-order chi connectivity index (χ1) is 8.30. The molecule has 0 spiro atoms. The van der Waals surface area contributed by atoms with Crippen molar-refractivity contribution in [3.05, 3.63) is 45.6 Å². The first kappa shape index (κ1) is 12.5. The number of halogens is 4. The molecule has 1 aromatic heterocycles. The van der Waals surface area contributed by atoms with Gasteiger partial charge >= 0.3 is 11.9 Å². The summed E-state index contributed by atoms with van der Waals surface area (Å²) in [6.45, 7) is 0. The first-order valence-electron chi connectivity index (χ1n) is 4.61. The summed E-state index contributed by atoms with van der Waals surface area (Å²) in [5.74, 6) is 3.56. The van der Waals surface area contributed by atoms with Gasteiger partial charge in [-0.3, -0.25) is 0 Å². The molecule has 0 unspecified atom stereocenters. The van der Waals surface area contributed by atoms with E-state index in [4.69, 9.17) is 17.4 Å². The summed E-state index contributed by atoms with van der Waals surface area (Å²) in [6.07, 6.45) is -4.80. The van der Waals surface area contributed by atoms with E-state index >= 15 is 0 Å². The zero-order valence-corrected chi connectivity index (χ0v) is 9.40. The predicted octanol–water partition coefficient (Wildman–Crippen LogP) is 1.42. The Hall–Kier alpha value is -1.96. The van der Waals surface area contributed by atoms with E-state index in [0.717, 1.165) is 0 Å². The topological polar surface area (TPSA) is 65.8 Å². The summed E-state index contributed by atoms with van der Waals surface area (Å²) < 4.78 is 38.0. The average Bonchev–Trinajstić information content (AvgIpc) is 2.57. The second-order valence-corrected chi connectivity index (χ2v) is 3.80. The van der Waals surface area contributed by atoms with Crippen molar-refractivity contribution < 1.29 is 13.2 Å². The lowest BCUT2D eigenvalue weighted by Crippen LogP contribution is -2.31. The molecule has 1 aromatic carbocycles. The summed E-state index contributed by atoms with van der Waals surface area (Å²) in [6, 6.07) is 5.56. The number of hydrogen-bond acceptors (Lipinski definition) is 3. The minimum absolute atomic E-state index is 0.0470. The largest absolute Gasteiger partial charge is 0.453 e. The summed E-state index contributed by atoms with van der Waals surface area (Å²) in [4.78, 5) is 11.5. The van der Waals surface area contributed by atoms with Gasteiger partial charge in [0.15, 0.2) is 0 Å². The van der Waals surface area contributed by atoms with Crippen LogP contribution in [0.4, 0.5) is 13.2 Å². The van der Waals surface area contributed by atoms with Crippen molar-refractivity contribution in [3.8, 4) is 5.69 Å². The van der Waals surface area contributed by atoms with E-state index in [2.05, 4.69) is 5.10 Å². The molecule has 0 saturated heterocycles. The minimum atomic E-state index is -4.80. The van der Waals surface area contributed by atoms with Crippen LogP contribution in [0.2, 0.25) is 5.02 Å². The zero-order valence-electron chi connectivity index (χ0n) is 8.65. The number of aromatic nitrogens is 3. The lowest BCUT2D eigenvalue weighted by molar-refractivity contribution is -0.146. The highest BCUT2D eigenvalue weighted by Crippen LogP contribution is 2.26. The van der Waals surface area contributed by atoms with Crippen LogP contribution in [0.15, 0.2) is 29.1 Å². The molecule has 0 fully saturated rings. The molecule has 96 valence electrons. The second-order valence-electron chi connectivity index (χ2n) is 3.36. The van der Waals surface area contributed by atoms with E-state index in [-0.39, 0.29) is 10.4 Å². The van der Waals surface area contributed by atoms with Crippen molar-refractivity contribution in [1.82, 2.24) is 14.5 Å². The molecule has 0 radical (unpaired) electrons. The zero-order chi connectivity index (χ0) is 13.5. The van der Waals surface area contributed by atoms with E-state index in [9.17, 15) is 18.0 Å². The van der Waals surface area contributed by atoms with Gasteiger partial charge in [0.2, 0.25) is 0 Å². The Morgan fingerprint density at radius 2 is 1.78 bits per heavy atom. The fourth-order valence-corrected chi connectivity index (χ4v) is 1.45. The molecule has 0 aliphatic heterocycles. The van der Waals surface area contributed by atoms with Crippen molar-refractivity contribution in [2.75, 3.05) is 5.84 Å². The molecule has 0 aliphatic carbocycles. The standard InChI is InChI=1S/C9H6ClF3N4O/c10-5-1-3-6(4-2-5)17-8(18)16(14)7(15-17)9(11,12)13/h1-4H,14H2. The predicted molar refractivity (Wildman–Crippen MR) is 58.0 cm³/mol. The highest BCUT2D eigenvalue weighted by molar-refractivity contribution is 6.30. The lowest BCUT2D eigenvalue weighted by atomic mass is 10.3. The normalized spacial score (nSPS) is 11.8. The maximum Gasteiger partial charge on any atom is 0.453 e. The van der Waals surface area contributed by atoms with Gasteiger partial charge in [-0.25, -0.2) is 4.79 Å². The van der Waals surface area contributed by atoms with Gasteiger partial charge in [0, 0.05) is 5.02 Å². The molecule has 0 aliphatic rings. The summed E-state index contributed by atoms with van der Waals surface area (Å²) in [5.41, 5.74) is -0.955. The Kier molecular flexibility index (Phi) is 2.81. The molecule has 9 heteroatoms. The highest BCUT2D eigenvalue weighted by atomic mass is 35.5. The Morgan fingerprint density at radius 3 is 2.22 bits per heavy atom.